The molecule has 0 aromatic carbocycles. The molecule has 0 bridgehead atoms. The molecular weight excluding hydrogens is 397 g/mol. The minimum absolute atomic E-state index is 0.0962. The van der Waals surface area contributed by atoms with E-state index in [-0.39, 0.29) is 12.5 Å². The second-order valence-corrected chi connectivity index (χ2v) is 13.2. The van der Waals surface area contributed by atoms with Crippen LogP contribution in [0.1, 0.15) is 105 Å². The molecule has 4 aliphatic carbocycles. The van der Waals surface area contributed by atoms with Gasteiger partial charge in [-0.1, -0.05) is 34.6 Å². The number of halogens is 3. The van der Waals surface area contributed by atoms with Gasteiger partial charge in [0.25, 0.3) is 0 Å². The lowest BCUT2D eigenvalue weighted by Crippen LogP contribution is -2.54. The van der Waals surface area contributed by atoms with Crippen LogP contribution in [-0.4, -0.2) is 17.4 Å². The van der Waals surface area contributed by atoms with Crippen molar-refractivity contribution in [3.63, 3.8) is 0 Å². The van der Waals surface area contributed by atoms with Gasteiger partial charge in [0.05, 0.1) is 11.5 Å². The van der Waals surface area contributed by atoms with Crippen LogP contribution in [0.25, 0.3) is 0 Å². The first-order valence-electron chi connectivity index (χ1n) is 13.0. The Morgan fingerprint density at radius 3 is 2.23 bits per heavy atom. The SMILES string of the molecule is C[C@H](CCC(C)(C)C(F)(F)F)C1CCC2C3CC[C@@H]4C[C@H](O)CC[C@]4(C)C3CC[C@@]21C. The van der Waals surface area contributed by atoms with Crippen LogP contribution in [-0.2, 0) is 0 Å². The van der Waals surface area contributed by atoms with Crippen LogP contribution in [0.5, 0.6) is 0 Å². The highest BCUT2D eigenvalue weighted by atomic mass is 19.4. The lowest BCUT2D eigenvalue weighted by molar-refractivity contribution is -0.215. The zero-order valence-corrected chi connectivity index (χ0v) is 20.4. The van der Waals surface area contributed by atoms with E-state index in [4.69, 9.17) is 0 Å². The number of fused-ring (bicyclic) bond motifs is 5. The van der Waals surface area contributed by atoms with Gasteiger partial charge in [-0.25, -0.2) is 0 Å². The predicted molar refractivity (Wildman–Crippen MR) is 119 cm³/mol. The van der Waals surface area contributed by atoms with Crippen LogP contribution in [0.15, 0.2) is 0 Å². The Morgan fingerprint density at radius 1 is 0.903 bits per heavy atom. The quantitative estimate of drug-likeness (QED) is 0.467. The minimum atomic E-state index is -4.12. The molecule has 4 fully saturated rings. The molecular formula is C27H45F3O. The predicted octanol–water partition coefficient (Wildman–Crippen LogP) is 8.01. The van der Waals surface area contributed by atoms with E-state index in [0.29, 0.717) is 35.0 Å². The van der Waals surface area contributed by atoms with Crippen molar-refractivity contribution in [3.8, 4) is 0 Å². The van der Waals surface area contributed by atoms with Crippen LogP contribution >= 0.6 is 0 Å². The van der Waals surface area contributed by atoms with Crippen LogP contribution in [0.3, 0.4) is 0 Å². The maximum atomic E-state index is 13.4. The first-order valence-corrected chi connectivity index (χ1v) is 13.0. The Labute approximate surface area is 187 Å². The van der Waals surface area contributed by atoms with Crippen molar-refractivity contribution in [2.45, 2.75) is 118 Å². The van der Waals surface area contributed by atoms with Gasteiger partial charge < -0.3 is 5.11 Å². The molecule has 0 saturated heterocycles. The van der Waals surface area contributed by atoms with E-state index in [1.807, 2.05) is 0 Å². The van der Waals surface area contributed by atoms with Crippen molar-refractivity contribution in [2.24, 2.45) is 51.8 Å². The summed E-state index contributed by atoms with van der Waals surface area (Å²) in [5.74, 6) is 3.95. The number of alkyl halides is 3. The average Bonchev–Trinajstić information content (AvgIpc) is 3.03. The number of hydrogen-bond donors (Lipinski definition) is 1. The molecule has 0 heterocycles. The Hall–Kier alpha value is -0.250. The zero-order chi connectivity index (χ0) is 22.8. The van der Waals surface area contributed by atoms with Crippen molar-refractivity contribution in [2.75, 3.05) is 0 Å². The first-order chi connectivity index (χ1) is 14.3. The normalized spacial score (nSPS) is 46.7. The largest absolute Gasteiger partial charge is 0.393 e. The second kappa shape index (κ2) is 7.91. The molecule has 180 valence electrons. The minimum Gasteiger partial charge on any atom is -0.393 e. The third-order valence-electron chi connectivity index (χ3n) is 11.4. The molecule has 0 amide bonds. The van der Waals surface area contributed by atoms with Crippen molar-refractivity contribution in [1.82, 2.24) is 0 Å². The van der Waals surface area contributed by atoms with Gasteiger partial charge in [0, 0.05) is 0 Å². The Balaban J connectivity index is 1.46. The first kappa shape index (κ1) is 23.9. The van der Waals surface area contributed by atoms with E-state index in [1.165, 1.54) is 58.8 Å². The molecule has 31 heavy (non-hydrogen) atoms. The van der Waals surface area contributed by atoms with Crippen LogP contribution in [0, 0.1) is 51.8 Å². The van der Waals surface area contributed by atoms with E-state index < -0.39 is 11.6 Å². The molecule has 9 atom stereocenters. The Morgan fingerprint density at radius 2 is 1.55 bits per heavy atom. The summed E-state index contributed by atoms with van der Waals surface area (Å²) in [7, 11) is 0. The molecule has 4 saturated carbocycles. The van der Waals surface area contributed by atoms with Crippen molar-refractivity contribution in [1.29, 1.82) is 0 Å². The highest BCUT2D eigenvalue weighted by Gasteiger charge is 2.60. The molecule has 4 rings (SSSR count). The summed E-state index contributed by atoms with van der Waals surface area (Å²) in [6, 6.07) is 0. The zero-order valence-electron chi connectivity index (χ0n) is 20.4. The van der Waals surface area contributed by atoms with Crippen molar-refractivity contribution < 1.29 is 18.3 Å². The van der Waals surface area contributed by atoms with Gasteiger partial charge >= 0.3 is 6.18 Å². The van der Waals surface area contributed by atoms with Gasteiger partial charge in [-0.15, -0.1) is 0 Å². The highest BCUT2D eigenvalue weighted by Crippen LogP contribution is 2.68. The third-order valence-corrected chi connectivity index (χ3v) is 11.4. The monoisotopic (exact) mass is 442 g/mol. The van der Waals surface area contributed by atoms with E-state index in [1.54, 1.807) is 0 Å². The average molecular weight is 443 g/mol. The number of rotatable bonds is 4. The van der Waals surface area contributed by atoms with Crippen molar-refractivity contribution in [3.05, 3.63) is 0 Å². The number of aliphatic hydroxyl groups is 1. The summed E-state index contributed by atoms with van der Waals surface area (Å²) in [5.41, 5.74) is -0.888. The fourth-order valence-corrected chi connectivity index (χ4v) is 9.14. The summed E-state index contributed by atoms with van der Waals surface area (Å²) in [4.78, 5) is 0. The van der Waals surface area contributed by atoms with Gasteiger partial charge in [0.15, 0.2) is 0 Å². The molecule has 0 aliphatic heterocycles. The van der Waals surface area contributed by atoms with Crippen LogP contribution in [0.4, 0.5) is 13.2 Å². The van der Waals surface area contributed by atoms with Gasteiger partial charge in [0.2, 0.25) is 0 Å². The maximum Gasteiger partial charge on any atom is 0.393 e. The summed E-state index contributed by atoms with van der Waals surface area (Å²) < 4.78 is 40.1. The summed E-state index contributed by atoms with van der Waals surface area (Å²) in [6.45, 7) is 9.99. The number of hydrogen-bond acceptors (Lipinski definition) is 1. The summed E-state index contributed by atoms with van der Waals surface area (Å²) in [6.07, 6.45) is 7.44. The molecule has 1 nitrogen and oxygen atoms in total. The van der Waals surface area contributed by atoms with Crippen LogP contribution < -0.4 is 0 Å². The number of aliphatic hydroxyl groups excluding tert-OH is 1. The lowest BCUT2D eigenvalue weighted by atomic mass is 9.44. The fourth-order valence-electron chi connectivity index (χ4n) is 9.14. The maximum absolute atomic E-state index is 13.4. The Kier molecular flexibility index (Phi) is 6.10. The van der Waals surface area contributed by atoms with Gasteiger partial charge in [-0.2, -0.15) is 13.2 Å². The van der Waals surface area contributed by atoms with E-state index in [9.17, 15) is 18.3 Å². The second-order valence-electron chi connectivity index (χ2n) is 13.2. The standard InChI is InChI=1S/C27H45F3O/c1-17(10-13-24(2,3)27(28,29)30)21-8-9-22-20-7-6-18-16-19(31)11-14-25(18,4)23(20)12-15-26(21,22)5/h17-23,31H,6-16H2,1-5H3/t17-,18-,19-,20?,21?,22?,23?,25+,26-/m1/s1. The molecule has 0 spiro atoms. The molecule has 0 radical (unpaired) electrons. The molecule has 4 unspecified atom stereocenters. The smallest absolute Gasteiger partial charge is 0.393 e. The molecule has 0 aromatic rings. The molecule has 1 N–H and O–H groups in total. The van der Waals surface area contributed by atoms with E-state index >= 15 is 0 Å². The van der Waals surface area contributed by atoms with Gasteiger partial charge in [-0.3, -0.25) is 0 Å². The third kappa shape index (κ3) is 3.89. The fraction of sp³-hybridized carbons (Fsp3) is 1.00. The van der Waals surface area contributed by atoms with E-state index in [2.05, 4.69) is 20.8 Å². The highest BCUT2D eigenvalue weighted by molar-refractivity contribution is 5.09. The van der Waals surface area contributed by atoms with Gasteiger partial charge in [0.1, 0.15) is 0 Å². The van der Waals surface area contributed by atoms with Crippen LogP contribution in [0.2, 0.25) is 0 Å². The Bertz CT molecular complexity index is 657. The van der Waals surface area contributed by atoms with Crippen molar-refractivity contribution >= 4 is 0 Å². The molecule has 4 aliphatic rings. The van der Waals surface area contributed by atoms with Gasteiger partial charge in [-0.05, 0) is 117 Å². The molecule has 0 aromatic heterocycles. The summed E-state index contributed by atoms with van der Waals surface area (Å²) >= 11 is 0. The molecule has 4 heteroatoms. The van der Waals surface area contributed by atoms with E-state index in [0.717, 1.165) is 30.6 Å². The summed E-state index contributed by atoms with van der Waals surface area (Å²) in [5, 5.41) is 10.2. The topological polar surface area (TPSA) is 20.2 Å². The lowest BCUT2D eigenvalue weighted by Gasteiger charge is -2.61.